The third kappa shape index (κ3) is 7.59. The van der Waals surface area contributed by atoms with Crippen molar-refractivity contribution in [2.75, 3.05) is 17.7 Å². The predicted molar refractivity (Wildman–Crippen MR) is 156 cm³/mol. The van der Waals surface area contributed by atoms with Crippen molar-refractivity contribution in [3.63, 3.8) is 0 Å². The lowest BCUT2D eigenvalue weighted by Gasteiger charge is -2.28. The highest BCUT2D eigenvalue weighted by molar-refractivity contribution is 6.32. The number of nitrogens with zero attached hydrogens (tertiary/aromatic N) is 3. The van der Waals surface area contributed by atoms with Crippen molar-refractivity contribution in [3.05, 3.63) is 64.9 Å². The maximum absolute atomic E-state index is 6.36. The highest BCUT2D eigenvalue weighted by Gasteiger charge is 2.23. The molecule has 0 radical (unpaired) electrons. The number of nitrogens with one attached hydrogen (secondary N) is 2. The summed E-state index contributed by atoms with van der Waals surface area (Å²) in [5.41, 5.74) is 2.28. The van der Waals surface area contributed by atoms with Crippen LogP contribution in [0.25, 0.3) is 0 Å². The van der Waals surface area contributed by atoms with Crippen LogP contribution in [0.5, 0.6) is 5.75 Å². The van der Waals surface area contributed by atoms with E-state index in [9.17, 15) is 0 Å². The first-order valence-electron chi connectivity index (χ1n) is 14.3. The van der Waals surface area contributed by atoms with Crippen molar-refractivity contribution in [1.82, 2.24) is 15.0 Å². The smallest absolute Gasteiger partial charge is 0.232 e. The van der Waals surface area contributed by atoms with Crippen molar-refractivity contribution in [2.24, 2.45) is 11.8 Å². The van der Waals surface area contributed by atoms with E-state index in [0.717, 1.165) is 23.9 Å². The molecule has 2 saturated carbocycles. The van der Waals surface area contributed by atoms with Crippen LogP contribution in [0.15, 0.2) is 48.5 Å². The number of ether oxygens (including phenoxy) is 1. The third-order valence-electron chi connectivity index (χ3n) is 8.08. The molecule has 2 aliphatic rings. The molecule has 0 aliphatic heterocycles. The Morgan fingerprint density at radius 3 is 2.16 bits per heavy atom. The summed E-state index contributed by atoms with van der Waals surface area (Å²) in [6.07, 6.45) is 14.6. The predicted octanol–water partition coefficient (Wildman–Crippen LogP) is 8.00. The van der Waals surface area contributed by atoms with Crippen molar-refractivity contribution in [2.45, 2.75) is 83.1 Å². The normalized spacial score (nSPS) is 20.5. The lowest BCUT2D eigenvalue weighted by Crippen LogP contribution is -2.22. The van der Waals surface area contributed by atoms with Crippen LogP contribution in [0.2, 0.25) is 5.02 Å². The highest BCUT2D eigenvalue weighted by Crippen LogP contribution is 2.33. The SMILES string of the molecule is COc1ccc(Nc2nc(CC3CCC(Cc4ccccc4)CC3)nc(NC3CCCCCC3)n2)cc1Cl. The van der Waals surface area contributed by atoms with Gasteiger partial charge in [-0.15, -0.1) is 0 Å². The number of methoxy groups -OCH3 is 1. The van der Waals surface area contributed by atoms with E-state index in [1.54, 1.807) is 7.11 Å². The highest BCUT2D eigenvalue weighted by atomic mass is 35.5. The monoisotopic (exact) mass is 533 g/mol. The molecule has 3 aromatic rings. The average Bonchev–Trinajstić information content (AvgIpc) is 3.19. The molecule has 0 unspecified atom stereocenters. The Labute approximate surface area is 232 Å². The summed E-state index contributed by atoms with van der Waals surface area (Å²) in [7, 11) is 1.62. The molecule has 2 fully saturated rings. The van der Waals surface area contributed by atoms with E-state index in [1.165, 1.54) is 76.2 Å². The molecule has 38 heavy (non-hydrogen) atoms. The summed E-state index contributed by atoms with van der Waals surface area (Å²) in [4.78, 5) is 14.5. The topological polar surface area (TPSA) is 72.0 Å². The van der Waals surface area contributed by atoms with Gasteiger partial charge in [0.25, 0.3) is 0 Å². The van der Waals surface area contributed by atoms with Gasteiger partial charge < -0.3 is 15.4 Å². The molecule has 0 amide bonds. The zero-order chi connectivity index (χ0) is 26.2. The van der Waals surface area contributed by atoms with Crippen LogP contribution in [0.4, 0.5) is 17.6 Å². The summed E-state index contributed by atoms with van der Waals surface area (Å²) >= 11 is 6.36. The summed E-state index contributed by atoms with van der Waals surface area (Å²) in [6.45, 7) is 0. The van der Waals surface area contributed by atoms with E-state index in [-0.39, 0.29) is 0 Å². The van der Waals surface area contributed by atoms with Gasteiger partial charge in [-0.3, -0.25) is 0 Å². The standard InChI is InChI=1S/C31H40ClN5O/c1-38-28-18-17-26(21-27(28)32)34-31-36-29(35-30(37-31)33-25-11-7-2-3-8-12-25)20-24-15-13-23(14-16-24)19-22-9-5-4-6-10-22/h4-6,9-10,17-18,21,23-25H,2-3,7-8,11-16,19-20H2,1H3,(H2,33,34,35,36,37). The first-order valence-corrected chi connectivity index (χ1v) is 14.7. The van der Waals surface area contributed by atoms with Crippen LogP contribution in [0.1, 0.15) is 75.6 Å². The average molecular weight is 534 g/mol. The number of hydrogen-bond acceptors (Lipinski definition) is 6. The van der Waals surface area contributed by atoms with Crippen molar-refractivity contribution >= 4 is 29.2 Å². The van der Waals surface area contributed by atoms with Gasteiger partial charge in [0.15, 0.2) is 0 Å². The molecular formula is C31H40ClN5O. The van der Waals surface area contributed by atoms with E-state index in [0.29, 0.717) is 34.6 Å². The first kappa shape index (κ1) is 26.7. The zero-order valence-electron chi connectivity index (χ0n) is 22.5. The Balaban J connectivity index is 1.27. The molecule has 0 saturated heterocycles. The second-order valence-corrected chi connectivity index (χ2v) is 11.4. The van der Waals surface area contributed by atoms with Crippen LogP contribution in [0.3, 0.4) is 0 Å². The minimum Gasteiger partial charge on any atom is -0.495 e. The molecule has 2 aromatic carbocycles. The fourth-order valence-electron chi connectivity index (χ4n) is 5.96. The number of aromatic nitrogens is 3. The lowest BCUT2D eigenvalue weighted by atomic mass is 9.78. The molecule has 202 valence electrons. The third-order valence-corrected chi connectivity index (χ3v) is 8.38. The quantitative estimate of drug-likeness (QED) is 0.271. The Morgan fingerprint density at radius 2 is 1.47 bits per heavy atom. The molecule has 2 aliphatic carbocycles. The molecular weight excluding hydrogens is 494 g/mol. The number of anilines is 3. The summed E-state index contributed by atoms with van der Waals surface area (Å²) in [6, 6.07) is 16.9. The van der Waals surface area contributed by atoms with Crippen molar-refractivity contribution < 1.29 is 4.74 Å². The van der Waals surface area contributed by atoms with Gasteiger partial charge in [0.05, 0.1) is 12.1 Å². The molecule has 0 spiro atoms. The molecule has 5 rings (SSSR count). The molecule has 0 atom stereocenters. The molecule has 0 bridgehead atoms. The fraction of sp³-hybridized carbons (Fsp3) is 0.516. The van der Waals surface area contributed by atoms with Gasteiger partial charge in [0, 0.05) is 18.2 Å². The number of hydrogen-bond donors (Lipinski definition) is 2. The Kier molecular flexibility index (Phi) is 9.34. The fourth-order valence-corrected chi connectivity index (χ4v) is 6.21. The van der Waals surface area contributed by atoms with Gasteiger partial charge in [-0.2, -0.15) is 15.0 Å². The summed E-state index contributed by atoms with van der Waals surface area (Å²) in [5.74, 6) is 4.14. The minimum absolute atomic E-state index is 0.421. The van der Waals surface area contributed by atoms with Gasteiger partial charge in [-0.1, -0.05) is 67.6 Å². The molecule has 2 N–H and O–H groups in total. The van der Waals surface area contributed by atoms with Crippen LogP contribution in [0, 0.1) is 11.8 Å². The van der Waals surface area contributed by atoms with Crippen LogP contribution < -0.4 is 15.4 Å². The first-order chi connectivity index (χ1) is 18.6. The molecule has 1 aromatic heterocycles. The second kappa shape index (κ2) is 13.3. The van der Waals surface area contributed by atoms with Crippen molar-refractivity contribution in [1.29, 1.82) is 0 Å². The molecule has 1 heterocycles. The zero-order valence-corrected chi connectivity index (χ0v) is 23.2. The van der Waals surface area contributed by atoms with Crippen LogP contribution in [-0.2, 0) is 12.8 Å². The molecule has 7 heteroatoms. The molecule has 6 nitrogen and oxygen atoms in total. The second-order valence-electron chi connectivity index (χ2n) is 11.0. The van der Waals surface area contributed by atoms with E-state index in [4.69, 9.17) is 31.3 Å². The van der Waals surface area contributed by atoms with Gasteiger partial charge in [0.1, 0.15) is 11.6 Å². The van der Waals surface area contributed by atoms with E-state index < -0.39 is 0 Å². The summed E-state index contributed by atoms with van der Waals surface area (Å²) < 4.78 is 5.30. The minimum atomic E-state index is 0.421. The van der Waals surface area contributed by atoms with E-state index >= 15 is 0 Å². The van der Waals surface area contributed by atoms with E-state index in [1.807, 2.05) is 18.2 Å². The number of benzene rings is 2. The van der Waals surface area contributed by atoms with Gasteiger partial charge in [-0.25, -0.2) is 0 Å². The Morgan fingerprint density at radius 1 is 0.789 bits per heavy atom. The van der Waals surface area contributed by atoms with Crippen LogP contribution in [-0.4, -0.2) is 28.1 Å². The Bertz CT molecular complexity index is 1160. The Hall–Kier alpha value is -2.86. The van der Waals surface area contributed by atoms with E-state index in [2.05, 4.69) is 41.0 Å². The lowest BCUT2D eigenvalue weighted by molar-refractivity contribution is 0.269. The van der Waals surface area contributed by atoms with Gasteiger partial charge in [-0.05, 0) is 80.5 Å². The largest absolute Gasteiger partial charge is 0.495 e. The van der Waals surface area contributed by atoms with Gasteiger partial charge >= 0.3 is 0 Å². The maximum Gasteiger partial charge on any atom is 0.232 e. The number of rotatable bonds is 9. The van der Waals surface area contributed by atoms with Crippen molar-refractivity contribution in [3.8, 4) is 5.75 Å². The van der Waals surface area contributed by atoms with Gasteiger partial charge in [0.2, 0.25) is 11.9 Å². The van der Waals surface area contributed by atoms with Crippen LogP contribution >= 0.6 is 11.6 Å². The number of halogens is 1. The maximum atomic E-state index is 6.36. The summed E-state index contributed by atoms with van der Waals surface area (Å²) in [5, 5.41) is 7.55.